The van der Waals surface area contributed by atoms with Gasteiger partial charge in [-0.2, -0.15) is 0 Å². The Morgan fingerprint density at radius 2 is 1.44 bits per heavy atom. The van der Waals surface area contributed by atoms with E-state index in [1.54, 1.807) is 6.92 Å². The van der Waals surface area contributed by atoms with Crippen molar-refractivity contribution < 1.29 is 4.79 Å². The molecule has 0 radical (unpaired) electrons. The van der Waals surface area contributed by atoms with Crippen LogP contribution < -0.4 is 0 Å². The lowest BCUT2D eigenvalue weighted by atomic mass is 9.82. The highest BCUT2D eigenvalue weighted by Gasteiger charge is 2.31. The van der Waals surface area contributed by atoms with Crippen molar-refractivity contribution in [2.24, 2.45) is 11.8 Å². The van der Waals surface area contributed by atoms with Gasteiger partial charge in [-0.3, -0.25) is 9.36 Å². The SMILES string of the molecule is CC(=O)n1c2c(c3c1CCC(C)C3)CC(C)CC2. The number of hydrogen-bond acceptors (Lipinski definition) is 1. The molecule has 0 N–H and O–H groups in total. The molecule has 2 aliphatic rings. The Morgan fingerprint density at radius 3 is 1.83 bits per heavy atom. The van der Waals surface area contributed by atoms with E-state index in [1.807, 2.05) is 0 Å². The first-order valence-electron chi connectivity index (χ1n) is 7.33. The van der Waals surface area contributed by atoms with Crippen molar-refractivity contribution in [3.8, 4) is 0 Å². The number of fused-ring (bicyclic) bond motifs is 3. The van der Waals surface area contributed by atoms with Gasteiger partial charge in [-0.1, -0.05) is 13.8 Å². The molecule has 0 fully saturated rings. The third kappa shape index (κ3) is 1.73. The highest BCUT2D eigenvalue weighted by atomic mass is 16.1. The fraction of sp³-hybridized carbons (Fsp3) is 0.688. The maximum atomic E-state index is 12.0. The van der Waals surface area contributed by atoms with Crippen LogP contribution in [-0.4, -0.2) is 10.5 Å². The topological polar surface area (TPSA) is 22.0 Å². The minimum absolute atomic E-state index is 0.219. The van der Waals surface area contributed by atoms with Crippen LogP contribution in [0.25, 0.3) is 0 Å². The van der Waals surface area contributed by atoms with Gasteiger partial charge in [-0.15, -0.1) is 0 Å². The second kappa shape index (κ2) is 4.25. The summed E-state index contributed by atoms with van der Waals surface area (Å²) in [4.78, 5) is 12.0. The van der Waals surface area contributed by atoms with Crippen molar-refractivity contribution >= 4 is 5.91 Å². The molecule has 0 saturated carbocycles. The van der Waals surface area contributed by atoms with Crippen molar-refractivity contribution in [2.45, 2.75) is 59.3 Å². The van der Waals surface area contributed by atoms with E-state index in [1.165, 1.54) is 48.2 Å². The maximum Gasteiger partial charge on any atom is 0.227 e. The van der Waals surface area contributed by atoms with Gasteiger partial charge in [-0.05, 0) is 61.5 Å². The zero-order valence-electron chi connectivity index (χ0n) is 11.8. The number of nitrogens with zero attached hydrogens (tertiary/aromatic N) is 1. The van der Waals surface area contributed by atoms with Gasteiger partial charge in [0.1, 0.15) is 0 Å². The minimum Gasteiger partial charge on any atom is -0.288 e. The molecule has 2 unspecified atom stereocenters. The largest absolute Gasteiger partial charge is 0.288 e. The van der Waals surface area contributed by atoms with Gasteiger partial charge in [0, 0.05) is 18.3 Å². The molecule has 18 heavy (non-hydrogen) atoms. The van der Waals surface area contributed by atoms with Crippen LogP contribution >= 0.6 is 0 Å². The second-order valence-electron chi connectivity index (χ2n) is 6.40. The summed E-state index contributed by atoms with van der Waals surface area (Å²) in [5.41, 5.74) is 5.76. The van der Waals surface area contributed by atoms with Crippen molar-refractivity contribution in [2.75, 3.05) is 0 Å². The molecule has 3 rings (SSSR count). The van der Waals surface area contributed by atoms with E-state index < -0.39 is 0 Å². The van der Waals surface area contributed by atoms with Crippen LogP contribution in [0.3, 0.4) is 0 Å². The molecule has 0 amide bonds. The van der Waals surface area contributed by atoms with Gasteiger partial charge in [0.05, 0.1) is 0 Å². The lowest BCUT2D eigenvalue weighted by molar-refractivity contribution is 0.0928. The molecule has 1 aromatic rings. The maximum absolute atomic E-state index is 12.0. The number of hydrogen-bond donors (Lipinski definition) is 0. The standard InChI is InChI=1S/C16H23NO/c1-10-4-6-15-13(8-10)14-9-11(2)5-7-16(14)17(15)12(3)18/h10-11H,4-9H2,1-3H3. The Morgan fingerprint density at radius 1 is 1.00 bits per heavy atom. The molecule has 1 aromatic heterocycles. The average molecular weight is 245 g/mol. The first-order chi connectivity index (χ1) is 8.58. The van der Waals surface area contributed by atoms with Crippen molar-refractivity contribution in [3.05, 3.63) is 22.5 Å². The van der Waals surface area contributed by atoms with Crippen molar-refractivity contribution in [3.63, 3.8) is 0 Å². The number of carbonyl (C=O) groups excluding carboxylic acids is 1. The molecular weight excluding hydrogens is 222 g/mol. The van der Waals surface area contributed by atoms with Crippen LogP contribution in [0, 0.1) is 11.8 Å². The molecule has 0 aromatic carbocycles. The zero-order valence-corrected chi connectivity index (χ0v) is 11.8. The lowest BCUT2D eigenvalue weighted by Gasteiger charge is -2.22. The fourth-order valence-electron chi connectivity index (χ4n) is 3.84. The molecule has 2 atom stereocenters. The van der Waals surface area contributed by atoms with Gasteiger partial charge in [0.2, 0.25) is 5.91 Å². The van der Waals surface area contributed by atoms with E-state index in [4.69, 9.17) is 0 Å². The molecule has 0 saturated heterocycles. The summed E-state index contributed by atoms with van der Waals surface area (Å²) in [6, 6.07) is 0. The van der Waals surface area contributed by atoms with Gasteiger partial charge in [-0.25, -0.2) is 0 Å². The summed E-state index contributed by atoms with van der Waals surface area (Å²) >= 11 is 0. The molecule has 0 bridgehead atoms. The Labute approximate surface area is 109 Å². The molecule has 2 aliphatic carbocycles. The van der Waals surface area contributed by atoms with Crippen molar-refractivity contribution in [1.82, 2.24) is 4.57 Å². The highest BCUT2D eigenvalue weighted by Crippen LogP contribution is 2.37. The third-order valence-electron chi connectivity index (χ3n) is 4.77. The lowest BCUT2D eigenvalue weighted by Crippen LogP contribution is -2.18. The first kappa shape index (κ1) is 12.0. The molecule has 98 valence electrons. The normalized spacial score (nSPS) is 26.6. The average Bonchev–Trinajstić information content (AvgIpc) is 2.62. The van der Waals surface area contributed by atoms with Gasteiger partial charge in [0.25, 0.3) is 0 Å². The molecule has 0 spiro atoms. The summed E-state index contributed by atoms with van der Waals surface area (Å²) in [5, 5.41) is 0. The molecule has 2 heteroatoms. The van der Waals surface area contributed by atoms with E-state index in [2.05, 4.69) is 18.4 Å². The summed E-state index contributed by atoms with van der Waals surface area (Å²) in [7, 11) is 0. The predicted octanol–water partition coefficient (Wildman–Crippen LogP) is 3.40. The Kier molecular flexibility index (Phi) is 2.84. The van der Waals surface area contributed by atoms with E-state index in [0.717, 1.165) is 24.7 Å². The number of rotatable bonds is 0. The molecule has 1 heterocycles. The highest BCUT2D eigenvalue weighted by molar-refractivity contribution is 5.79. The quantitative estimate of drug-likeness (QED) is 0.686. The Balaban J connectivity index is 2.17. The van der Waals surface area contributed by atoms with Gasteiger partial charge in [0.15, 0.2) is 0 Å². The summed E-state index contributed by atoms with van der Waals surface area (Å²) < 4.78 is 2.06. The summed E-state index contributed by atoms with van der Waals surface area (Å²) in [6.45, 7) is 6.40. The van der Waals surface area contributed by atoms with Crippen LogP contribution in [0.15, 0.2) is 0 Å². The fourth-order valence-corrected chi connectivity index (χ4v) is 3.84. The van der Waals surface area contributed by atoms with Gasteiger partial charge >= 0.3 is 0 Å². The van der Waals surface area contributed by atoms with Crippen LogP contribution in [0.1, 0.15) is 60.9 Å². The summed E-state index contributed by atoms with van der Waals surface area (Å²) in [5.74, 6) is 1.78. The van der Waals surface area contributed by atoms with Gasteiger partial charge < -0.3 is 0 Å². The zero-order chi connectivity index (χ0) is 12.9. The summed E-state index contributed by atoms with van der Waals surface area (Å²) in [6.07, 6.45) is 7.03. The van der Waals surface area contributed by atoms with Crippen LogP contribution in [-0.2, 0) is 25.7 Å². The minimum atomic E-state index is 0.219. The van der Waals surface area contributed by atoms with E-state index in [9.17, 15) is 4.79 Å². The monoisotopic (exact) mass is 245 g/mol. The van der Waals surface area contributed by atoms with Crippen molar-refractivity contribution in [1.29, 1.82) is 0 Å². The van der Waals surface area contributed by atoms with E-state index >= 15 is 0 Å². The van der Waals surface area contributed by atoms with Crippen LogP contribution in [0.2, 0.25) is 0 Å². The smallest absolute Gasteiger partial charge is 0.227 e. The molecule has 0 aliphatic heterocycles. The van der Waals surface area contributed by atoms with Crippen LogP contribution in [0.5, 0.6) is 0 Å². The first-order valence-corrected chi connectivity index (χ1v) is 7.33. The molecule has 2 nitrogen and oxygen atoms in total. The number of aromatic nitrogens is 1. The Bertz CT molecular complexity index is 460. The van der Waals surface area contributed by atoms with E-state index in [0.29, 0.717) is 0 Å². The molecular formula is C16H23NO. The van der Waals surface area contributed by atoms with E-state index in [-0.39, 0.29) is 5.91 Å². The predicted molar refractivity (Wildman–Crippen MR) is 73.1 cm³/mol. The Hall–Kier alpha value is -1.05. The number of carbonyl (C=O) groups is 1. The van der Waals surface area contributed by atoms with Crippen LogP contribution in [0.4, 0.5) is 0 Å². The second-order valence-corrected chi connectivity index (χ2v) is 6.40. The third-order valence-corrected chi connectivity index (χ3v) is 4.77.